The summed E-state index contributed by atoms with van der Waals surface area (Å²) in [6, 6.07) is 8.44. The molecule has 0 N–H and O–H groups in total. The van der Waals surface area contributed by atoms with Crippen LogP contribution in [0.2, 0.25) is 0 Å². The average Bonchev–Trinajstić information content (AvgIpc) is 3.73. The van der Waals surface area contributed by atoms with Crippen molar-refractivity contribution in [3.63, 3.8) is 0 Å². The van der Waals surface area contributed by atoms with Crippen molar-refractivity contribution in [2.45, 2.75) is 80.8 Å². The van der Waals surface area contributed by atoms with Crippen LogP contribution in [-0.2, 0) is 32.3 Å². The molecule has 5 aliphatic rings. The van der Waals surface area contributed by atoms with Crippen LogP contribution < -0.4 is 9.47 Å². The first-order chi connectivity index (χ1) is 21.0. The van der Waals surface area contributed by atoms with Crippen molar-refractivity contribution in [2.24, 2.45) is 5.92 Å². The lowest BCUT2D eigenvalue weighted by molar-refractivity contribution is -0.223. The first kappa shape index (κ1) is 29.2. The van der Waals surface area contributed by atoms with Crippen LogP contribution in [0.4, 0.5) is 13.2 Å². The number of hydrogen-bond donors (Lipinski definition) is 0. The molecule has 0 radical (unpaired) electrons. The van der Waals surface area contributed by atoms with E-state index in [1.807, 2.05) is 6.07 Å². The van der Waals surface area contributed by atoms with Gasteiger partial charge in [0, 0.05) is 32.2 Å². The predicted octanol–water partition coefficient (Wildman–Crippen LogP) is 5.39. The maximum Gasteiger partial charge on any atom is 0.416 e. The molecule has 2 aliphatic heterocycles. The van der Waals surface area contributed by atoms with Gasteiger partial charge in [-0.3, -0.25) is 14.5 Å². The van der Waals surface area contributed by atoms with E-state index in [9.17, 15) is 22.8 Å². The van der Waals surface area contributed by atoms with E-state index < -0.39 is 28.9 Å². The number of alkyl halides is 3. The van der Waals surface area contributed by atoms with Crippen LogP contribution in [0.5, 0.6) is 11.5 Å². The molecule has 5 atom stereocenters. The molecule has 3 aliphatic carbocycles. The van der Waals surface area contributed by atoms with Crippen LogP contribution in [0.1, 0.15) is 61.3 Å². The number of likely N-dealkylation sites (tertiary alicyclic amines) is 1. The third kappa shape index (κ3) is 4.35. The second-order valence-corrected chi connectivity index (χ2v) is 13.0. The van der Waals surface area contributed by atoms with Gasteiger partial charge in [-0.1, -0.05) is 18.2 Å². The summed E-state index contributed by atoms with van der Waals surface area (Å²) in [7, 11) is 3.36. The number of rotatable bonds is 7. The lowest BCUT2D eigenvalue weighted by Gasteiger charge is -2.65. The molecule has 1 spiro atoms. The Morgan fingerprint density at radius 2 is 1.86 bits per heavy atom. The van der Waals surface area contributed by atoms with Gasteiger partial charge in [0.25, 0.3) is 0 Å². The Morgan fingerprint density at radius 3 is 2.52 bits per heavy atom. The van der Waals surface area contributed by atoms with E-state index in [0.29, 0.717) is 35.8 Å². The van der Waals surface area contributed by atoms with Crippen molar-refractivity contribution < 1.29 is 37.0 Å². The fourth-order valence-electron chi connectivity index (χ4n) is 8.67. The van der Waals surface area contributed by atoms with Gasteiger partial charge in [0.2, 0.25) is 5.91 Å². The van der Waals surface area contributed by atoms with Crippen molar-refractivity contribution in [3.05, 3.63) is 64.7 Å². The number of likely N-dealkylation sites (N-methyl/N-ethyl adjacent to an activating group) is 1. The van der Waals surface area contributed by atoms with Gasteiger partial charge in [-0.25, -0.2) is 0 Å². The summed E-state index contributed by atoms with van der Waals surface area (Å²) in [4.78, 5) is 30.7. The highest BCUT2D eigenvalue weighted by Gasteiger charge is 2.75. The smallest absolute Gasteiger partial charge is 0.416 e. The summed E-state index contributed by atoms with van der Waals surface area (Å²) in [5.41, 5.74) is 0.516. The molecule has 1 saturated heterocycles. The molecular weight excluding hydrogens is 573 g/mol. The number of methoxy groups -OCH3 is 1. The third-order valence-corrected chi connectivity index (χ3v) is 10.7. The van der Waals surface area contributed by atoms with Gasteiger partial charge in [0.05, 0.1) is 30.2 Å². The van der Waals surface area contributed by atoms with E-state index in [-0.39, 0.29) is 24.0 Å². The van der Waals surface area contributed by atoms with Crippen LogP contribution in [0, 0.1) is 5.92 Å². The number of amides is 1. The maximum absolute atomic E-state index is 13.6. The quantitative estimate of drug-likeness (QED) is 0.310. The Kier molecular flexibility index (Phi) is 6.81. The average molecular weight is 611 g/mol. The van der Waals surface area contributed by atoms with E-state index in [1.54, 1.807) is 19.1 Å². The number of benzene rings is 2. The van der Waals surface area contributed by atoms with Gasteiger partial charge in [0.1, 0.15) is 11.7 Å². The molecular formula is C34H37F3N2O5. The molecule has 2 saturated carbocycles. The van der Waals surface area contributed by atoms with Crippen molar-refractivity contribution in [3.8, 4) is 11.5 Å². The molecule has 44 heavy (non-hydrogen) atoms. The largest absolute Gasteiger partial charge is 0.493 e. The van der Waals surface area contributed by atoms with Crippen molar-refractivity contribution >= 4 is 18.0 Å². The second kappa shape index (κ2) is 10.3. The summed E-state index contributed by atoms with van der Waals surface area (Å²) in [6.45, 7) is 3.31. The van der Waals surface area contributed by atoms with E-state index >= 15 is 0 Å². The number of carbonyl (C=O) groups is 2. The summed E-state index contributed by atoms with van der Waals surface area (Å²) >= 11 is 0. The zero-order valence-electron chi connectivity index (χ0n) is 25.2. The van der Waals surface area contributed by atoms with Crippen LogP contribution in [0.3, 0.4) is 0 Å². The molecule has 1 amide bonds. The molecule has 7 nitrogen and oxygen atoms in total. The van der Waals surface area contributed by atoms with Gasteiger partial charge in [-0.2, -0.15) is 13.2 Å². The standard InChI is InChI=1S/C34H37F3N2O5/c1-20(40)44-33-15-14-25(38(2)28(41)13-8-21-6-10-24(11-7-21)34(35,36)37)31-32(33)16-17-39(19-22-4-5-22)27(33)18-23-9-12-26(42-3)30(43-31)29(23)32/h6-13,22,25,27,31H,4-5,14-19H2,1-3H3/b13-8+/t25?,27-,31?,32+,33-/m1/s1. The van der Waals surface area contributed by atoms with Gasteiger partial charge in [-0.05, 0) is 86.4 Å². The zero-order chi connectivity index (χ0) is 31.0. The summed E-state index contributed by atoms with van der Waals surface area (Å²) in [5, 5.41) is 0. The van der Waals surface area contributed by atoms with Gasteiger partial charge >= 0.3 is 12.1 Å². The van der Waals surface area contributed by atoms with Gasteiger partial charge in [-0.15, -0.1) is 0 Å². The monoisotopic (exact) mass is 610 g/mol. The molecule has 2 aromatic rings. The van der Waals surface area contributed by atoms with E-state index in [4.69, 9.17) is 14.2 Å². The number of carbonyl (C=O) groups excluding carboxylic acids is 2. The zero-order valence-corrected chi connectivity index (χ0v) is 25.2. The Balaban J connectivity index is 1.25. The summed E-state index contributed by atoms with van der Waals surface area (Å²) in [6.07, 6.45) is 3.11. The van der Waals surface area contributed by atoms with Crippen molar-refractivity contribution in [1.82, 2.24) is 9.80 Å². The number of piperidine rings is 1. The highest BCUT2D eigenvalue weighted by molar-refractivity contribution is 5.92. The molecule has 2 bridgehead atoms. The minimum absolute atomic E-state index is 0.000202. The minimum Gasteiger partial charge on any atom is -0.493 e. The maximum atomic E-state index is 13.6. The number of halogens is 3. The SMILES string of the molecule is COc1ccc2c3c1OC1C(N(C)C(=O)/C=C/c4ccc(C(F)(F)F)cc4)CC[C@@]4(OC(C)=O)[C@@H](C2)N(CC2CC2)CC[C@]314. The van der Waals surface area contributed by atoms with Crippen LogP contribution in [0.15, 0.2) is 42.5 Å². The molecule has 234 valence electrons. The van der Waals surface area contributed by atoms with Gasteiger partial charge in [0.15, 0.2) is 11.5 Å². The van der Waals surface area contributed by atoms with Crippen LogP contribution in [-0.4, -0.2) is 72.7 Å². The first-order valence-corrected chi connectivity index (χ1v) is 15.4. The van der Waals surface area contributed by atoms with E-state index in [1.165, 1.54) is 49.6 Å². The summed E-state index contributed by atoms with van der Waals surface area (Å²) in [5.74, 6) is 1.38. The highest BCUT2D eigenvalue weighted by Crippen LogP contribution is 2.67. The number of nitrogens with zero attached hydrogens (tertiary/aromatic N) is 2. The third-order valence-electron chi connectivity index (χ3n) is 10.7. The fourth-order valence-corrected chi connectivity index (χ4v) is 8.67. The van der Waals surface area contributed by atoms with E-state index in [0.717, 1.165) is 43.6 Å². The van der Waals surface area contributed by atoms with E-state index in [2.05, 4.69) is 11.0 Å². The highest BCUT2D eigenvalue weighted by atomic mass is 19.4. The minimum atomic E-state index is -4.42. The lowest BCUT2D eigenvalue weighted by Crippen LogP contribution is -2.79. The molecule has 2 unspecified atom stereocenters. The topological polar surface area (TPSA) is 68.3 Å². The first-order valence-electron chi connectivity index (χ1n) is 15.4. The molecule has 0 aromatic heterocycles. The molecule has 2 aromatic carbocycles. The Bertz CT molecular complexity index is 1520. The van der Waals surface area contributed by atoms with Crippen LogP contribution >= 0.6 is 0 Å². The second-order valence-electron chi connectivity index (χ2n) is 13.0. The molecule has 2 heterocycles. The molecule has 7 rings (SSSR count). The van der Waals surface area contributed by atoms with Gasteiger partial charge < -0.3 is 19.1 Å². The molecule has 3 fully saturated rings. The fraction of sp³-hybridized carbons (Fsp3) is 0.529. The van der Waals surface area contributed by atoms with Crippen molar-refractivity contribution in [2.75, 3.05) is 27.2 Å². The van der Waals surface area contributed by atoms with Crippen LogP contribution in [0.25, 0.3) is 6.08 Å². The van der Waals surface area contributed by atoms with Crippen molar-refractivity contribution in [1.29, 1.82) is 0 Å². The lowest BCUT2D eigenvalue weighted by atomic mass is 9.48. The molecule has 10 heteroatoms. The number of hydrogen-bond acceptors (Lipinski definition) is 6. The Morgan fingerprint density at radius 1 is 1.11 bits per heavy atom. The Labute approximate surface area is 254 Å². The summed E-state index contributed by atoms with van der Waals surface area (Å²) < 4.78 is 58.1. The predicted molar refractivity (Wildman–Crippen MR) is 156 cm³/mol. The number of esters is 1. The normalized spacial score (nSPS) is 30.5. The number of ether oxygens (including phenoxy) is 3. The Hall–Kier alpha value is -3.53.